The van der Waals surface area contributed by atoms with Crippen LogP contribution in [0.1, 0.15) is 34.2 Å². The molecular formula is C12H12FN3OS. The first kappa shape index (κ1) is 12.6. The first-order chi connectivity index (χ1) is 8.56. The number of nitrogens with zero attached hydrogens (tertiary/aromatic N) is 2. The minimum Gasteiger partial charge on any atom is -0.342 e. The molecule has 0 aromatic carbocycles. The second kappa shape index (κ2) is 5.22. The Morgan fingerprint density at radius 3 is 2.83 bits per heavy atom. The van der Waals surface area contributed by atoms with Crippen molar-refractivity contribution in [1.82, 2.24) is 15.3 Å². The molecule has 2 rings (SSSR count). The number of halogens is 1. The van der Waals surface area contributed by atoms with Gasteiger partial charge >= 0.3 is 0 Å². The molecule has 0 saturated heterocycles. The van der Waals surface area contributed by atoms with E-state index in [4.69, 9.17) is 0 Å². The van der Waals surface area contributed by atoms with Gasteiger partial charge in [0.1, 0.15) is 10.7 Å². The molecule has 18 heavy (non-hydrogen) atoms. The van der Waals surface area contributed by atoms with Gasteiger partial charge in [-0.05, 0) is 26.0 Å². The molecule has 2 heterocycles. The molecule has 1 N–H and O–H groups in total. The number of nitrogens with one attached hydrogen (secondary N) is 1. The number of rotatable bonds is 3. The van der Waals surface area contributed by atoms with Crippen LogP contribution in [0.25, 0.3) is 0 Å². The van der Waals surface area contributed by atoms with Crippen LogP contribution in [0.4, 0.5) is 4.39 Å². The van der Waals surface area contributed by atoms with Crippen LogP contribution in [0, 0.1) is 12.9 Å². The van der Waals surface area contributed by atoms with Crippen LogP contribution in [0.2, 0.25) is 0 Å². The summed E-state index contributed by atoms with van der Waals surface area (Å²) in [6.07, 6.45) is 0. The lowest BCUT2D eigenvalue weighted by molar-refractivity contribution is 0.0933. The Kier molecular flexibility index (Phi) is 3.66. The summed E-state index contributed by atoms with van der Waals surface area (Å²) in [5.41, 5.74) is 0.982. The number of carbonyl (C=O) groups excluding carboxylic acids is 1. The number of amides is 1. The summed E-state index contributed by atoms with van der Waals surface area (Å²) in [4.78, 5) is 19.6. The summed E-state index contributed by atoms with van der Waals surface area (Å²) in [6, 6.07) is 3.90. The molecule has 0 saturated carbocycles. The lowest BCUT2D eigenvalue weighted by Crippen LogP contribution is -2.27. The van der Waals surface area contributed by atoms with Crippen molar-refractivity contribution in [2.75, 3.05) is 0 Å². The SMILES string of the molecule is Cc1csc(C(C)NC(=O)c2cccc(F)n2)n1. The number of aryl methyl sites for hydroxylation is 1. The van der Waals surface area contributed by atoms with Crippen LogP contribution >= 0.6 is 11.3 Å². The van der Waals surface area contributed by atoms with Gasteiger partial charge in [-0.3, -0.25) is 4.79 Å². The van der Waals surface area contributed by atoms with Crippen molar-refractivity contribution >= 4 is 17.2 Å². The summed E-state index contributed by atoms with van der Waals surface area (Å²) in [6.45, 7) is 3.72. The van der Waals surface area contributed by atoms with Gasteiger partial charge in [0.2, 0.25) is 5.95 Å². The summed E-state index contributed by atoms with van der Waals surface area (Å²) in [5, 5.41) is 5.46. The largest absolute Gasteiger partial charge is 0.342 e. The van der Waals surface area contributed by atoms with Crippen molar-refractivity contribution in [2.24, 2.45) is 0 Å². The van der Waals surface area contributed by atoms with E-state index < -0.39 is 11.9 Å². The highest BCUT2D eigenvalue weighted by Crippen LogP contribution is 2.17. The van der Waals surface area contributed by atoms with Crippen LogP contribution < -0.4 is 5.32 Å². The van der Waals surface area contributed by atoms with E-state index in [0.29, 0.717) is 0 Å². The van der Waals surface area contributed by atoms with Crippen LogP contribution in [0.15, 0.2) is 23.6 Å². The van der Waals surface area contributed by atoms with Gasteiger partial charge < -0.3 is 5.32 Å². The predicted octanol–water partition coefficient (Wildman–Crippen LogP) is 2.48. The van der Waals surface area contributed by atoms with Crippen molar-refractivity contribution in [3.63, 3.8) is 0 Å². The fraction of sp³-hybridized carbons (Fsp3) is 0.250. The first-order valence-electron chi connectivity index (χ1n) is 5.41. The third-order valence-electron chi connectivity index (χ3n) is 2.30. The molecule has 0 aliphatic carbocycles. The summed E-state index contributed by atoms with van der Waals surface area (Å²) in [7, 11) is 0. The number of carbonyl (C=O) groups is 1. The Labute approximate surface area is 108 Å². The van der Waals surface area contributed by atoms with Gasteiger partial charge in [-0.2, -0.15) is 4.39 Å². The molecule has 0 spiro atoms. The minimum absolute atomic E-state index is 0.0649. The summed E-state index contributed by atoms with van der Waals surface area (Å²) >= 11 is 1.48. The highest BCUT2D eigenvalue weighted by Gasteiger charge is 2.15. The molecule has 1 amide bonds. The van der Waals surface area contributed by atoms with E-state index in [9.17, 15) is 9.18 Å². The molecule has 1 unspecified atom stereocenters. The Morgan fingerprint density at radius 2 is 2.22 bits per heavy atom. The van der Waals surface area contributed by atoms with E-state index >= 15 is 0 Å². The monoisotopic (exact) mass is 265 g/mol. The lowest BCUT2D eigenvalue weighted by Gasteiger charge is -2.10. The molecule has 2 aromatic rings. The van der Waals surface area contributed by atoms with Gasteiger partial charge in [-0.25, -0.2) is 9.97 Å². The summed E-state index contributed by atoms with van der Waals surface area (Å²) < 4.78 is 12.9. The van der Waals surface area contributed by atoms with Crippen molar-refractivity contribution in [1.29, 1.82) is 0 Å². The van der Waals surface area contributed by atoms with Gasteiger partial charge in [-0.15, -0.1) is 11.3 Å². The van der Waals surface area contributed by atoms with Gasteiger partial charge in [-0.1, -0.05) is 6.07 Å². The number of hydrogen-bond acceptors (Lipinski definition) is 4. The lowest BCUT2D eigenvalue weighted by atomic mass is 10.3. The van der Waals surface area contributed by atoms with E-state index in [1.165, 1.54) is 29.5 Å². The van der Waals surface area contributed by atoms with Gasteiger partial charge in [0.05, 0.1) is 6.04 Å². The van der Waals surface area contributed by atoms with Gasteiger partial charge in [0.15, 0.2) is 0 Å². The predicted molar refractivity (Wildman–Crippen MR) is 66.9 cm³/mol. The topological polar surface area (TPSA) is 54.9 Å². The van der Waals surface area contributed by atoms with Gasteiger partial charge in [0, 0.05) is 11.1 Å². The van der Waals surface area contributed by atoms with Crippen molar-refractivity contribution in [3.05, 3.63) is 45.9 Å². The molecule has 2 aromatic heterocycles. The highest BCUT2D eigenvalue weighted by atomic mass is 32.1. The van der Waals surface area contributed by atoms with Crippen molar-refractivity contribution < 1.29 is 9.18 Å². The highest BCUT2D eigenvalue weighted by molar-refractivity contribution is 7.09. The van der Waals surface area contributed by atoms with Crippen molar-refractivity contribution in [3.8, 4) is 0 Å². The zero-order chi connectivity index (χ0) is 13.1. The number of thiazole rings is 1. The van der Waals surface area contributed by atoms with Crippen LogP contribution in [-0.2, 0) is 0 Å². The zero-order valence-electron chi connectivity index (χ0n) is 9.98. The fourth-order valence-corrected chi connectivity index (χ4v) is 2.24. The Bertz CT molecular complexity index is 570. The van der Waals surface area contributed by atoms with Crippen LogP contribution in [0.5, 0.6) is 0 Å². The average molecular weight is 265 g/mol. The quantitative estimate of drug-likeness (QED) is 0.867. The molecule has 0 aliphatic rings. The smallest absolute Gasteiger partial charge is 0.270 e. The molecule has 6 heteroatoms. The average Bonchev–Trinajstić information content (AvgIpc) is 2.76. The molecule has 1 atom stereocenters. The molecule has 0 bridgehead atoms. The summed E-state index contributed by atoms with van der Waals surface area (Å²) in [5.74, 6) is -1.07. The van der Waals surface area contributed by atoms with Gasteiger partial charge in [0.25, 0.3) is 5.91 Å². The van der Waals surface area contributed by atoms with E-state index in [1.54, 1.807) is 0 Å². The maximum atomic E-state index is 12.9. The number of pyridine rings is 1. The molecule has 0 aliphatic heterocycles. The molecule has 4 nitrogen and oxygen atoms in total. The van der Waals surface area contributed by atoms with E-state index in [1.807, 2.05) is 19.2 Å². The third-order valence-corrected chi connectivity index (χ3v) is 3.45. The fourth-order valence-electron chi connectivity index (χ4n) is 1.44. The van der Waals surface area contributed by atoms with E-state index in [2.05, 4.69) is 15.3 Å². The van der Waals surface area contributed by atoms with E-state index in [0.717, 1.165) is 10.7 Å². The molecular weight excluding hydrogens is 253 g/mol. The maximum absolute atomic E-state index is 12.9. The Hall–Kier alpha value is -1.82. The Balaban J connectivity index is 2.08. The molecule has 0 radical (unpaired) electrons. The first-order valence-corrected chi connectivity index (χ1v) is 6.29. The van der Waals surface area contributed by atoms with Crippen LogP contribution in [0.3, 0.4) is 0 Å². The molecule has 0 fully saturated rings. The molecule has 94 valence electrons. The van der Waals surface area contributed by atoms with Crippen molar-refractivity contribution in [2.45, 2.75) is 19.9 Å². The Morgan fingerprint density at radius 1 is 1.44 bits per heavy atom. The minimum atomic E-state index is -0.666. The van der Waals surface area contributed by atoms with E-state index in [-0.39, 0.29) is 11.7 Å². The number of hydrogen-bond donors (Lipinski definition) is 1. The number of aromatic nitrogens is 2. The third kappa shape index (κ3) is 2.89. The van der Waals surface area contributed by atoms with Crippen LogP contribution in [-0.4, -0.2) is 15.9 Å². The maximum Gasteiger partial charge on any atom is 0.270 e. The second-order valence-corrected chi connectivity index (χ2v) is 4.76. The zero-order valence-corrected chi connectivity index (χ0v) is 10.8. The second-order valence-electron chi connectivity index (χ2n) is 3.87. The standard InChI is InChI=1S/C12H12FN3OS/c1-7-6-18-12(14-7)8(2)15-11(17)9-4-3-5-10(13)16-9/h3-6,8H,1-2H3,(H,15,17). The normalized spacial score (nSPS) is 12.2.